The molecule has 2 aliphatic rings. The van der Waals surface area contributed by atoms with Crippen LogP contribution in [0.4, 0.5) is 17.1 Å². The summed E-state index contributed by atoms with van der Waals surface area (Å²) in [6, 6.07) is 11.5. The lowest BCUT2D eigenvalue weighted by Gasteiger charge is -2.22. The first kappa shape index (κ1) is 22.1. The molecular weight excluding hydrogens is 478 g/mol. The molecular formula is C21H19N7O4S2. The molecule has 2 aromatic carbocycles. The normalized spacial score (nSPS) is 16.7. The predicted octanol–water partition coefficient (Wildman–Crippen LogP) is 2.34. The molecule has 174 valence electrons. The number of carbonyl (C=O) groups is 2. The molecule has 1 unspecified atom stereocenters. The Balaban J connectivity index is 1.24. The van der Waals surface area contributed by atoms with Gasteiger partial charge in [0.2, 0.25) is 5.91 Å². The van der Waals surface area contributed by atoms with Crippen LogP contribution in [0, 0.1) is 0 Å². The average molecular weight is 498 g/mol. The highest BCUT2D eigenvalue weighted by molar-refractivity contribution is 8.15. The fourth-order valence-corrected chi connectivity index (χ4v) is 5.79. The van der Waals surface area contributed by atoms with Crippen LogP contribution in [-0.2, 0) is 14.8 Å². The summed E-state index contributed by atoms with van der Waals surface area (Å²) in [5.74, 6) is -0.583. The number of rotatable bonds is 5. The molecule has 3 heterocycles. The standard InChI is InChI=1S/C21H19N7O4S2/c1-13(28-12-22-11-23-28)19(29)24-15-3-5-16(6-4-15)25-20(30)14-2-7-17-18(10-14)33-21-26-34(31,32)9-8-27(17)21/h2-7,10-13H,8-9H2,1H3,(H,24,29)(H,25,30). The zero-order valence-electron chi connectivity index (χ0n) is 17.9. The van der Waals surface area contributed by atoms with Gasteiger partial charge in [-0.2, -0.15) is 5.10 Å². The van der Waals surface area contributed by atoms with Crippen LogP contribution in [0.3, 0.4) is 0 Å². The van der Waals surface area contributed by atoms with Crippen molar-refractivity contribution in [2.24, 2.45) is 4.40 Å². The second-order valence-corrected chi connectivity index (χ2v) is 10.4. The highest BCUT2D eigenvalue weighted by Crippen LogP contribution is 2.42. The second kappa shape index (κ2) is 8.57. The van der Waals surface area contributed by atoms with E-state index in [0.29, 0.717) is 28.7 Å². The first-order valence-electron chi connectivity index (χ1n) is 10.3. The van der Waals surface area contributed by atoms with E-state index in [1.165, 1.54) is 29.1 Å². The number of benzene rings is 2. The molecule has 1 atom stereocenters. The van der Waals surface area contributed by atoms with E-state index in [0.717, 1.165) is 10.6 Å². The summed E-state index contributed by atoms with van der Waals surface area (Å²) in [6.07, 6.45) is 2.84. The molecule has 0 spiro atoms. The van der Waals surface area contributed by atoms with Gasteiger partial charge in [0.25, 0.3) is 15.9 Å². The molecule has 13 heteroatoms. The lowest BCUT2D eigenvalue weighted by molar-refractivity contribution is -0.119. The number of hydrogen-bond donors (Lipinski definition) is 2. The molecule has 0 fully saturated rings. The molecule has 2 amide bonds. The molecule has 2 aliphatic heterocycles. The zero-order chi connectivity index (χ0) is 23.9. The van der Waals surface area contributed by atoms with Crippen molar-refractivity contribution in [2.45, 2.75) is 17.9 Å². The highest BCUT2D eigenvalue weighted by atomic mass is 32.2. The molecule has 5 rings (SSSR count). The Kier molecular flexibility index (Phi) is 5.57. The van der Waals surface area contributed by atoms with Crippen LogP contribution < -0.4 is 15.5 Å². The number of carbonyl (C=O) groups excluding carboxylic acids is 2. The number of hydrogen-bond acceptors (Lipinski definition) is 8. The zero-order valence-corrected chi connectivity index (χ0v) is 19.5. The molecule has 34 heavy (non-hydrogen) atoms. The second-order valence-electron chi connectivity index (χ2n) is 7.67. The number of fused-ring (bicyclic) bond motifs is 3. The van der Waals surface area contributed by atoms with E-state index in [-0.39, 0.29) is 17.6 Å². The molecule has 0 bridgehead atoms. The predicted molar refractivity (Wildman–Crippen MR) is 129 cm³/mol. The third-order valence-electron chi connectivity index (χ3n) is 5.36. The van der Waals surface area contributed by atoms with Gasteiger partial charge in [-0.25, -0.2) is 18.1 Å². The highest BCUT2D eigenvalue weighted by Gasteiger charge is 2.33. The van der Waals surface area contributed by atoms with Gasteiger partial charge in [-0.15, -0.1) is 4.40 Å². The van der Waals surface area contributed by atoms with Gasteiger partial charge in [0.15, 0.2) is 5.17 Å². The summed E-state index contributed by atoms with van der Waals surface area (Å²) in [7, 11) is -3.44. The van der Waals surface area contributed by atoms with Gasteiger partial charge in [0.05, 0.1) is 11.4 Å². The summed E-state index contributed by atoms with van der Waals surface area (Å²) in [5, 5.41) is 10.0. The van der Waals surface area contributed by atoms with Crippen LogP contribution in [0.25, 0.3) is 0 Å². The van der Waals surface area contributed by atoms with E-state index < -0.39 is 16.1 Å². The first-order valence-corrected chi connectivity index (χ1v) is 12.7. The van der Waals surface area contributed by atoms with Crippen LogP contribution in [0.2, 0.25) is 0 Å². The van der Waals surface area contributed by atoms with Gasteiger partial charge in [0.1, 0.15) is 18.7 Å². The molecule has 3 aromatic rings. The lowest BCUT2D eigenvalue weighted by atomic mass is 10.1. The molecule has 0 saturated carbocycles. The lowest BCUT2D eigenvalue weighted by Crippen LogP contribution is -2.35. The Morgan fingerprint density at radius 2 is 1.82 bits per heavy atom. The van der Waals surface area contributed by atoms with Crippen LogP contribution in [0.5, 0.6) is 0 Å². The fourth-order valence-electron chi connectivity index (χ4n) is 3.50. The minimum absolute atomic E-state index is 0.0332. The van der Waals surface area contributed by atoms with Gasteiger partial charge in [0, 0.05) is 28.4 Å². The first-order chi connectivity index (χ1) is 16.3. The smallest absolute Gasteiger partial charge is 0.257 e. The summed E-state index contributed by atoms with van der Waals surface area (Å²) in [4.78, 5) is 31.6. The molecule has 0 aliphatic carbocycles. The van der Waals surface area contributed by atoms with E-state index in [4.69, 9.17) is 0 Å². The molecule has 1 aromatic heterocycles. The number of nitrogens with one attached hydrogen (secondary N) is 2. The Labute approximate surface area is 199 Å². The quantitative estimate of drug-likeness (QED) is 0.548. The van der Waals surface area contributed by atoms with Crippen molar-refractivity contribution in [1.82, 2.24) is 14.8 Å². The van der Waals surface area contributed by atoms with Crippen molar-refractivity contribution in [1.29, 1.82) is 0 Å². The van der Waals surface area contributed by atoms with Gasteiger partial charge < -0.3 is 15.5 Å². The SMILES string of the molecule is CC(C(=O)Nc1ccc(NC(=O)c2ccc3c(c2)SC2=NS(=O)(=O)CCN23)cc1)n1cncn1. The van der Waals surface area contributed by atoms with Crippen molar-refractivity contribution in [3.05, 3.63) is 60.7 Å². The number of amidine groups is 1. The molecule has 2 N–H and O–H groups in total. The van der Waals surface area contributed by atoms with E-state index in [2.05, 4.69) is 25.1 Å². The van der Waals surface area contributed by atoms with Crippen molar-refractivity contribution in [2.75, 3.05) is 27.8 Å². The van der Waals surface area contributed by atoms with Gasteiger partial charge in [-0.05, 0) is 61.2 Å². The van der Waals surface area contributed by atoms with Crippen LogP contribution in [0.15, 0.2) is 64.4 Å². The number of sulfonamides is 1. The average Bonchev–Trinajstić information content (AvgIpc) is 3.46. The van der Waals surface area contributed by atoms with Crippen molar-refractivity contribution in [3.8, 4) is 0 Å². The van der Waals surface area contributed by atoms with Crippen LogP contribution in [0.1, 0.15) is 23.3 Å². The van der Waals surface area contributed by atoms with E-state index in [1.807, 2.05) is 4.90 Å². The van der Waals surface area contributed by atoms with Crippen molar-refractivity contribution in [3.63, 3.8) is 0 Å². The van der Waals surface area contributed by atoms with Gasteiger partial charge in [-0.3, -0.25) is 9.59 Å². The molecule has 0 saturated heterocycles. The van der Waals surface area contributed by atoms with Gasteiger partial charge in [-0.1, -0.05) is 0 Å². The van der Waals surface area contributed by atoms with Crippen molar-refractivity contribution < 1.29 is 18.0 Å². The number of aromatic nitrogens is 3. The monoisotopic (exact) mass is 497 g/mol. The topological polar surface area (TPSA) is 139 Å². The summed E-state index contributed by atoms with van der Waals surface area (Å²) >= 11 is 1.24. The Morgan fingerprint density at radius 1 is 1.09 bits per heavy atom. The minimum Gasteiger partial charge on any atom is -0.324 e. The van der Waals surface area contributed by atoms with Crippen LogP contribution in [-0.4, -0.2) is 52.5 Å². The minimum atomic E-state index is -3.44. The molecule has 11 nitrogen and oxygen atoms in total. The fraction of sp³-hybridized carbons (Fsp3) is 0.190. The third-order valence-corrected chi connectivity index (χ3v) is 7.66. The van der Waals surface area contributed by atoms with Gasteiger partial charge >= 0.3 is 0 Å². The number of amides is 2. The number of thioether (sulfide) groups is 1. The largest absolute Gasteiger partial charge is 0.324 e. The Bertz CT molecular complexity index is 1400. The summed E-state index contributed by atoms with van der Waals surface area (Å²) < 4.78 is 28.8. The number of nitrogens with zero attached hydrogens (tertiary/aromatic N) is 5. The van der Waals surface area contributed by atoms with Crippen molar-refractivity contribution >= 4 is 55.8 Å². The summed E-state index contributed by atoms with van der Waals surface area (Å²) in [6.45, 7) is 2.05. The van der Waals surface area contributed by atoms with E-state index in [9.17, 15) is 18.0 Å². The van der Waals surface area contributed by atoms with E-state index in [1.54, 1.807) is 49.4 Å². The maximum atomic E-state index is 12.8. The molecule has 0 radical (unpaired) electrons. The van der Waals surface area contributed by atoms with E-state index >= 15 is 0 Å². The Morgan fingerprint density at radius 3 is 2.53 bits per heavy atom. The maximum absolute atomic E-state index is 12.8. The Hall–Kier alpha value is -3.71. The summed E-state index contributed by atoms with van der Waals surface area (Å²) in [5.41, 5.74) is 2.42. The van der Waals surface area contributed by atoms with Crippen LogP contribution >= 0.6 is 11.8 Å². The maximum Gasteiger partial charge on any atom is 0.257 e. The third kappa shape index (κ3) is 4.39. The number of anilines is 3.